The minimum absolute atomic E-state index is 0.0695. The van der Waals surface area contributed by atoms with E-state index in [1.165, 1.54) is 12.1 Å². The van der Waals surface area contributed by atoms with Gasteiger partial charge in [0.25, 0.3) is 0 Å². The molecule has 3 N–H and O–H groups in total. The zero-order valence-corrected chi connectivity index (χ0v) is 32.7. The van der Waals surface area contributed by atoms with Crippen molar-refractivity contribution in [3.63, 3.8) is 0 Å². The number of carboxylic acids is 1. The molecular weight excluding hydrogens is 757 g/mol. The van der Waals surface area contributed by atoms with Crippen molar-refractivity contribution in [1.82, 2.24) is 4.90 Å². The van der Waals surface area contributed by atoms with Crippen LogP contribution in [0.2, 0.25) is 0 Å². The highest BCUT2D eigenvalue weighted by Gasteiger charge is 2.30. The smallest absolute Gasteiger partial charge is 0.416 e. The molecule has 1 heterocycles. The van der Waals surface area contributed by atoms with Crippen molar-refractivity contribution in [2.45, 2.75) is 31.4 Å². The first kappa shape index (κ1) is 44.7. The highest BCUT2D eigenvalue weighted by atomic mass is 19.4. The Morgan fingerprint density at radius 1 is 0.638 bits per heavy atom. The lowest BCUT2D eigenvalue weighted by atomic mass is 9.87. The second-order valence-electron chi connectivity index (χ2n) is 13.8. The standard InChI is InChI=1S/C44H53F3N2O9/c45-44(46,47)39-8-5-33(6-9-39)36-7-10-40-37(29-36)30-38(43(51)52)31-41(40)35-3-1-32(2-4-35)34-11-15-49(16-12-34)42(50)13-17-53-19-21-55-23-25-57-27-28-58-26-24-56-22-20-54-18-14-48/h1-10,29-31,34H,11-28,48H2,(H,51,52). The Morgan fingerprint density at radius 2 is 1.14 bits per heavy atom. The quantitative estimate of drug-likeness (QED) is 0.0709. The molecule has 58 heavy (non-hydrogen) atoms. The van der Waals surface area contributed by atoms with Crippen molar-refractivity contribution in [2.75, 3.05) is 98.9 Å². The third kappa shape index (κ3) is 13.9. The number of likely N-dealkylation sites (tertiary alicyclic amines) is 1. The van der Waals surface area contributed by atoms with E-state index >= 15 is 0 Å². The van der Waals surface area contributed by atoms with E-state index in [4.69, 9.17) is 34.2 Å². The first-order valence-electron chi connectivity index (χ1n) is 19.7. The minimum atomic E-state index is -4.43. The number of piperidine rings is 1. The SMILES string of the molecule is NCCOCCOCCOCCOCCOCCOCCC(=O)N1CCC(c2ccc(-c3cc(C(=O)O)cc4cc(-c5ccc(C(F)(F)F)cc5)ccc34)cc2)CC1. The molecule has 0 bridgehead atoms. The van der Waals surface area contributed by atoms with Crippen LogP contribution in [0.4, 0.5) is 13.2 Å². The predicted octanol–water partition coefficient (Wildman–Crippen LogP) is 7.05. The number of carbonyl (C=O) groups is 2. The average molecular weight is 811 g/mol. The summed E-state index contributed by atoms with van der Waals surface area (Å²) in [6.45, 7) is 7.36. The Morgan fingerprint density at radius 3 is 1.66 bits per heavy atom. The van der Waals surface area contributed by atoms with Crippen LogP contribution in [-0.4, -0.2) is 121 Å². The molecule has 1 saturated heterocycles. The van der Waals surface area contributed by atoms with E-state index in [1.54, 1.807) is 18.2 Å². The molecule has 14 heteroatoms. The van der Waals surface area contributed by atoms with Crippen molar-refractivity contribution < 1.29 is 56.3 Å². The first-order valence-corrected chi connectivity index (χ1v) is 19.7. The molecule has 1 amide bonds. The van der Waals surface area contributed by atoms with Crippen LogP contribution in [0.5, 0.6) is 0 Å². The maximum absolute atomic E-state index is 13.1. The van der Waals surface area contributed by atoms with E-state index < -0.39 is 17.7 Å². The number of benzene rings is 4. The van der Waals surface area contributed by atoms with Gasteiger partial charge in [0.1, 0.15) is 0 Å². The molecule has 11 nitrogen and oxygen atoms in total. The normalized spacial score (nSPS) is 13.7. The van der Waals surface area contributed by atoms with Crippen LogP contribution in [0.3, 0.4) is 0 Å². The number of ether oxygens (including phenoxy) is 6. The lowest BCUT2D eigenvalue weighted by Crippen LogP contribution is -2.38. The number of halogens is 3. The van der Waals surface area contributed by atoms with Crippen molar-refractivity contribution in [3.05, 3.63) is 95.6 Å². The van der Waals surface area contributed by atoms with Gasteiger partial charge < -0.3 is 44.2 Å². The maximum Gasteiger partial charge on any atom is 0.416 e. The number of aromatic carboxylic acids is 1. The number of amides is 1. The van der Waals surface area contributed by atoms with Gasteiger partial charge in [-0.15, -0.1) is 0 Å². The molecule has 0 atom stereocenters. The van der Waals surface area contributed by atoms with Gasteiger partial charge in [-0.25, -0.2) is 4.79 Å². The Labute approximate surface area is 337 Å². The summed E-state index contributed by atoms with van der Waals surface area (Å²) in [6, 6.07) is 21.8. The molecule has 4 aromatic rings. The molecule has 1 aliphatic heterocycles. The van der Waals surface area contributed by atoms with E-state index in [2.05, 4.69) is 12.1 Å². The van der Waals surface area contributed by atoms with E-state index in [0.29, 0.717) is 122 Å². The molecule has 0 aliphatic carbocycles. The molecule has 1 aliphatic rings. The topological polar surface area (TPSA) is 139 Å². The Kier molecular flexibility index (Phi) is 17.9. The lowest BCUT2D eigenvalue weighted by molar-refractivity contribution is -0.137. The summed E-state index contributed by atoms with van der Waals surface area (Å²) in [4.78, 5) is 26.8. The summed E-state index contributed by atoms with van der Waals surface area (Å²) in [7, 11) is 0. The van der Waals surface area contributed by atoms with Crippen molar-refractivity contribution >= 4 is 22.6 Å². The molecule has 4 aromatic carbocycles. The van der Waals surface area contributed by atoms with Crippen LogP contribution in [0.25, 0.3) is 33.0 Å². The number of carbonyl (C=O) groups excluding carboxylic acids is 1. The van der Waals surface area contributed by atoms with E-state index in [9.17, 15) is 27.9 Å². The number of fused-ring (bicyclic) bond motifs is 1. The van der Waals surface area contributed by atoms with Gasteiger partial charge in [0, 0.05) is 19.6 Å². The molecule has 0 saturated carbocycles. The van der Waals surface area contributed by atoms with Gasteiger partial charge in [0.05, 0.1) is 96.8 Å². The molecule has 0 radical (unpaired) electrons. The van der Waals surface area contributed by atoms with Crippen LogP contribution in [0.15, 0.2) is 78.9 Å². The summed E-state index contributed by atoms with van der Waals surface area (Å²) in [5.74, 6) is -0.717. The fourth-order valence-corrected chi connectivity index (χ4v) is 6.76. The van der Waals surface area contributed by atoms with E-state index in [-0.39, 0.29) is 17.4 Å². The Bertz CT molecular complexity index is 1870. The van der Waals surface area contributed by atoms with Crippen molar-refractivity contribution in [1.29, 1.82) is 0 Å². The number of alkyl halides is 3. The monoisotopic (exact) mass is 810 g/mol. The lowest BCUT2D eigenvalue weighted by Gasteiger charge is -2.32. The van der Waals surface area contributed by atoms with Crippen molar-refractivity contribution in [2.24, 2.45) is 5.73 Å². The second kappa shape index (κ2) is 23.2. The zero-order chi connectivity index (χ0) is 41.2. The summed E-state index contributed by atoms with van der Waals surface area (Å²) in [5, 5.41) is 11.4. The summed E-state index contributed by atoms with van der Waals surface area (Å²) in [6.07, 6.45) is -2.46. The average Bonchev–Trinajstić information content (AvgIpc) is 3.23. The number of nitrogens with two attached hydrogens (primary N) is 1. The van der Waals surface area contributed by atoms with Crippen LogP contribution < -0.4 is 5.73 Å². The third-order valence-electron chi connectivity index (χ3n) is 9.87. The molecule has 0 unspecified atom stereocenters. The second-order valence-corrected chi connectivity index (χ2v) is 13.8. The van der Waals surface area contributed by atoms with Gasteiger partial charge >= 0.3 is 12.1 Å². The molecule has 0 aromatic heterocycles. The van der Waals surface area contributed by atoms with Crippen LogP contribution in [0.1, 0.15) is 46.7 Å². The summed E-state index contributed by atoms with van der Waals surface area (Å²) < 4.78 is 72.0. The van der Waals surface area contributed by atoms with Gasteiger partial charge in [-0.2, -0.15) is 13.2 Å². The molecule has 314 valence electrons. The molecule has 0 spiro atoms. The highest BCUT2D eigenvalue weighted by Crippen LogP contribution is 2.36. The minimum Gasteiger partial charge on any atom is -0.478 e. The highest BCUT2D eigenvalue weighted by molar-refractivity contribution is 6.04. The van der Waals surface area contributed by atoms with Gasteiger partial charge in [-0.1, -0.05) is 48.5 Å². The van der Waals surface area contributed by atoms with Crippen LogP contribution in [0, 0.1) is 0 Å². The van der Waals surface area contributed by atoms with Crippen molar-refractivity contribution in [3.8, 4) is 22.3 Å². The molecular formula is C44H53F3N2O9. The van der Waals surface area contributed by atoms with Gasteiger partial charge in [-0.3, -0.25) is 4.79 Å². The summed E-state index contributed by atoms with van der Waals surface area (Å²) in [5.41, 5.74) is 8.77. The van der Waals surface area contributed by atoms with Gasteiger partial charge in [0.2, 0.25) is 5.91 Å². The zero-order valence-electron chi connectivity index (χ0n) is 32.7. The fraction of sp³-hybridized carbons (Fsp3) is 0.455. The number of nitrogens with zero attached hydrogens (tertiary/aromatic N) is 1. The van der Waals surface area contributed by atoms with E-state index in [1.807, 2.05) is 29.2 Å². The van der Waals surface area contributed by atoms with Gasteiger partial charge in [0.15, 0.2) is 0 Å². The van der Waals surface area contributed by atoms with Gasteiger partial charge in [-0.05, 0) is 87.7 Å². The number of carboxylic acid groups (broad SMARTS) is 1. The molecule has 1 fully saturated rings. The van der Waals surface area contributed by atoms with Crippen LogP contribution in [-0.2, 0) is 39.4 Å². The number of hydrogen-bond donors (Lipinski definition) is 2. The Balaban J connectivity index is 0.987. The molecule has 5 rings (SSSR count). The third-order valence-corrected chi connectivity index (χ3v) is 9.87. The maximum atomic E-state index is 13.1. The Hall–Kier alpha value is -4.41. The number of hydrogen-bond acceptors (Lipinski definition) is 9. The summed E-state index contributed by atoms with van der Waals surface area (Å²) >= 11 is 0. The predicted molar refractivity (Wildman–Crippen MR) is 214 cm³/mol. The fourth-order valence-electron chi connectivity index (χ4n) is 6.76. The largest absolute Gasteiger partial charge is 0.478 e. The van der Waals surface area contributed by atoms with Crippen LogP contribution >= 0.6 is 0 Å². The number of rotatable bonds is 24. The first-order chi connectivity index (χ1) is 28.1. The van der Waals surface area contributed by atoms with E-state index in [0.717, 1.165) is 47.1 Å².